The number of allylic oxidation sites excluding steroid dienone is 3. The molecule has 4 N–H and O–H groups in total. The molecule has 5 aromatic carbocycles. The Balaban J connectivity index is 1.73. The van der Waals surface area contributed by atoms with Crippen molar-refractivity contribution < 1.29 is 0 Å². The zero-order valence-corrected chi connectivity index (χ0v) is 17.8. The number of fused-ring (bicyclic) bond motifs is 4. The highest BCUT2D eigenvalue weighted by Crippen LogP contribution is 2.45. The van der Waals surface area contributed by atoms with E-state index in [0.717, 1.165) is 17.8 Å². The second-order valence-corrected chi connectivity index (χ2v) is 8.72. The molecule has 1 aliphatic rings. The maximum Gasteiger partial charge on any atom is 0.0427 e. The monoisotopic (exact) mass is 412 g/mol. The maximum absolute atomic E-state index is 6.16. The fraction of sp³-hybridized carbons (Fsp3) is 0.0667. The van der Waals surface area contributed by atoms with Crippen molar-refractivity contribution in [2.45, 2.75) is 11.8 Å². The molecule has 1 aliphatic carbocycles. The van der Waals surface area contributed by atoms with Gasteiger partial charge in [0.15, 0.2) is 0 Å². The van der Waals surface area contributed by atoms with Gasteiger partial charge in [0, 0.05) is 16.8 Å². The van der Waals surface area contributed by atoms with Crippen LogP contribution in [0.15, 0.2) is 115 Å². The quantitative estimate of drug-likeness (QED) is 0.190. The molecule has 154 valence electrons. The van der Waals surface area contributed by atoms with Gasteiger partial charge < -0.3 is 11.5 Å². The van der Waals surface area contributed by atoms with Gasteiger partial charge in [-0.05, 0) is 80.2 Å². The molecule has 0 radical (unpaired) electrons. The van der Waals surface area contributed by atoms with Crippen LogP contribution in [0.4, 0.5) is 5.69 Å². The molecule has 0 spiro atoms. The number of nitrogen functional groups attached to an aromatic ring is 1. The molecule has 1 unspecified atom stereocenters. The molecule has 0 bridgehead atoms. The molecular formula is C30H24N2. The summed E-state index contributed by atoms with van der Waals surface area (Å²) in [5.74, 6) is 0. The summed E-state index contributed by atoms with van der Waals surface area (Å²) in [6.45, 7) is 0. The van der Waals surface area contributed by atoms with Gasteiger partial charge in [-0.25, -0.2) is 0 Å². The highest BCUT2D eigenvalue weighted by molar-refractivity contribution is 6.13. The van der Waals surface area contributed by atoms with E-state index in [-0.39, 0.29) is 5.41 Å². The first-order valence-electron chi connectivity index (χ1n) is 11.0. The van der Waals surface area contributed by atoms with E-state index in [0.29, 0.717) is 0 Å². The van der Waals surface area contributed by atoms with Crippen LogP contribution >= 0.6 is 0 Å². The third-order valence-electron chi connectivity index (χ3n) is 6.85. The van der Waals surface area contributed by atoms with Gasteiger partial charge in [0.2, 0.25) is 0 Å². The average molecular weight is 413 g/mol. The van der Waals surface area contributed by atoms with E-state index in [1.165, 1.54) is 43.4 Å². The summed E-state index contributed by atoms with van der Waals surface area (Å²) >= 11 is 0. The lowest BCUT2D eigenvalue weighted by Gasteiger charge is -2.35. The fourth-order valence-corrected chi connectivity index (χ4v) is 5.18. The van der Waals surface area contributed by atoms with Crippen LogP contribution < -0.4 is 11.5 Å². The topological polar surface area (TPSA) is 52.0 Å². The first-order chi connectivity index (χ1) is 15.6. The third-order valence-corrected chi connectivity index (χ3v) is 6.85. The first kappa shape index (κ1) is 18.7. The van der Waals surface area contributed by atoms with Gasteiger partial charge in [0.05, 0.1) is 0 Å². The minimum atomic E-state index is -0.310. The third kappa shape index (κ3) is 2.80. The summed E-state index contributed by atoms with van der Waals surface area (Å²) < 4.78 is 0. The zero-order chi connectivity index (χ0) is 21.7. The predicted octanol–water partition coefficient (Wildman–Crippen LogP) is 6.82. The minimum absolute atomic E-state index is 0.310. The smallest absolute Gasteiger partial charge is 0.0427 e. The fourth-order valence-electron chi connectivity index (χ4n) is 5.18. The molecule has 0 saturated carbocycles. The second-order valence-electron chi connectivity index (χ2n) is 8.72. The molecule has 0 fully saturated rings. The first-order valence-corrected chi connectivity index (χ1v) is 11.0. The highest BCUT2D eigenvalue weighted by Gasteiger charge is 2.34. The van der Waals surface area contributed by atoms with E-state index in [4.69, 9.17) is 11.5 Å². The van der Waals surface area contributed by atoms with Crippen molar-refractivity contribution in [3.8, 4) is 0 Å². The molecule has 6 rings (SSSR count). The SMILES string of the molecule is NC1=CCC(c2ccc(N)cc2)(c2cccc3ccc4cc5ccccc5cc4c23)C=C1. The van der Waals surface area contributed by atoms with Crippen molar-refractivity contribution in [1.29, 1.82) is 0 Å². The van der Waals surface area contributed by atoms with Crippen LogP contribution in [0.25, 0.3) is 32.3 Å². The summed E-state index contributed by atoms with van der Waals surface area (Å²) in [7, 11) is 0. The summed E-state index contributed by atoms with van der Waals surface area (Å²) in [6, 6.07) is 32.6. The molecule has 0 aromatic heterocycles. The van der Waals surface area contributed by atoms with Gasteiger partial charge in [0.1, 0.15) is 0 Å². The van der Waals surface area contributed by atoms with Crippen LogP contribution in [0, 0.1) is 0 Å². The van der Waals surface area contributed by atoms with Gasteiger partial charge in [-0.3, -0.25) is 0 Å². The largest absolute Gasteiger partial charge is 0.399 e. The predicted molar refractivity (Wildman–Crippen MR) is 137 cm³/mol. The number of hydrogen-bond acceptors (Lipinski definition) is 2. The normalized spacial score (nSPS) is 18.3. The zero-order valence-electron chi connectivity index (χ0n) is 17.8. The maximum atomic E-state index is 6.16. The lowest BCUT2D eigenvalue weighted by Crippen LogP contribution is -2.27. The van der Waals surface area contributed by atoms with Crippen LogP contribution in [0.1, 0.15) is 17.5 Å². The van der Waals surface area contributed by atoms with Crippen molar-refractivity contribution in [2.24, 2.45) is 5.73 Å². The number of hydrogen-bond donors (Lipinski definition) is 2. The number of anilines is 1. The average Bonchev–Trinajstić information content (AvgIpc) is 2.83. The van der Waals surface area contributed by atoms with Crippen molar-refractivity contribution in [3.63, 3.8) is 0 Å². The summed E-state index contributed by atoms with van der Waals surface area (Å²) in [4.78, 5) is 0. The van der Waals surface area contributed by atoms with Crippen molar-refractivity contribution >= 4 is 38.0 Å². The Morgan fingerprint density at radius 1 is 0.656 bits per heavy atom. The number of benzene rings is 5. The molecule has 0 saturated heterocycles. The molecule has 0 amide bonds. The van der Waals surface area contributed by atoms with Gasteiger partial charge in [-0.15, -0.1) is 0 Å². The lowest BCUT2D eigenvalue weighted by atomic mass is 9.68. The van der Waals surface area contributed by atoms with Crippen LogP contribution in [0.3, 0.4) is 0 Å². The summed E-state index contributed by atoms with van der Waals surface area (Å²) in [5, 5.41) is 7.60. The van der Waals surface area contributed by atoms with Crippen LogP contribution in [-0.4, -0.2) is 0 Å². The van der Waals surface area contributed by atoms with Crippen molar-refractivity contribution in [2.75, 3.05) is 5.73 Å². The summed E-state index contributed by atoms with van der Waals surface area (Å²) in [5.41, 5.74) is 16.0. The summed E-state index contributed by atoms with van der Waals surface area (Å²) in [6.07, 6.45) is 7.25. The Bertz CT molecular complexity index is 1560. The van der Waals surface area contributed by atoms with Crippen LogP contribution in [-0.2, 0) is 5.41 Å². The molecule has 0 heterocycles. The molecular weight excluding hydrogens is 388 g/mol. The molecule has 2 nitrogen and oxygen atoms in total. The molecule has 1 atom stereocenters. The Morgan fingerprint density at radius 3 is 2.12 bits per heavy atom. The van der Waals surface area contributed by atoms with E-state index in [1.54, 1.807) is 0 Å². The standard InChI is InChI=1S/C30H24N2/c31-25-12-10-24(11-13-25)30(16-14-26(32)15-17-30)28-7-3-6-20-8-9-23-18-21-4-1-2-5-22(21)19-27(23)29(20)28/h1-16,18-19H,17,31-32H2. The Morgan fingerprint density at radius 2 is 1.38 bits per heavy atom. The van der Waals surface area contributed by atoms with Crippen LogP contribution in [0.5, 0.6) is 0 Å². The Labute approximate surface area is 187 Å². The van der Waals surface area contributed by atoms with E-state index in [1.807, 2.05) is 18.2 Å². The van der Waals surface area contributed by atoms with Gasteiger partial charge in [-0.1, -0.05) is 78.9 Å². The van der Waals surface area contributed by atoms with Gasteiger partial charge in [0.25, 0.3) is 0 Å². The van der Waals surface area contributed by atoms with Crippen molar-refractivity contribution in [1.82, 2.24) is 0 Å². The molecule has 2 heteroatoms. The molecule has 0 aliphatic heterocycles. The Hall–Kier alpha value is -4.04. The van der Waals surface area contributed by atoms with Crippen molar-refractivity contribution in [3.05, 3.63) is 126 Å². The minimum Gasteiger partial charge on any atom is -0.399 e. The number of nitrogens with two attached hydrogens (primary N) is 2. The van der Waals surface area contributed by atoms with E-state index in [9.17, 15) is 0 Å². The van der Waals surface area contributed by atoms with E-state index >= 15 is 0 Å². The van der Waals surface area contributed by atoms with Gasteiger partial charge >= 0.3 is 0 Å². The lowest BCUT2D eigenvalue weighted by molar-refractivity contribution is 0.649. The molecule has 32 heavy (non-hydrogen) atoms. The number of rotatable bonds is 2. The second kappa shape index (κ2) is 7.00. The highest BCUT2D eigenvalue weighted by atomic mass is 14.6. The molecule has 5 aromatic rings. The van der Waals surface area contributed by atoms with Crippen LogP contribution in [0.2, 0.25) is 0 Å². The van der Waals surface area contributed by atoms with Gasteiger partial charge in [-0.2, -0.15) is 0 Å². The van der Waals surface area contributed by atoms with E-state index in [2.05, 4.69) is 91.0 Å². The van der Waals surface area contributed by atoms with E-state index < -0.39 is 0 Å². The Kier molecular flexibility index (Phi) is 4.09.